The van der Waals surface area contributed by atoms with Gasteiger partial charge >= 0.3 is 0 Å². The van der Waals surface area contributed by atoms with Crippen LogP contribution in [0.1, 0.15) is 21.8 Å². The quantitative estimate of drug-likeness (QED) is 0.779. The van der Waals surface area contributed by atoms with E-state index in [1.54, 1.807) is 49.4 Å². The zero-order valence-corrected chi connectivity index (χ0v) is 11.3. The van der Waals surface area contributed by atoms with E-state index >= 15 is 0 Å². The zero-order valence-electron chi connectivity index (χ0n) is 11.3. The van der Waals surface area contributed by atoms with E-state index in [9.17, 15) is 4.79 Å². The van der Waals surface area contributed by atoms with E-state index in [-0.39, 0.29) is 5.91 Å². The highest BCUT2D eigenvalue weighted by Crippen LogP contribution is 2.18. The standard InChI is InChI=1S/C16H11N3O2/c1-10-18-14-7-4-12(8-15(14)21-10)16(20)19-13-5-2-11(9-17)3-6-13/h2-8H,1H3,(H,19,20). The number of aryl methyl sites for hydroxylation is 1. The monoisotopic (exact) mass is 277 g/mol. The first-order valence-corrected chi connectivity index (χ1v) is 6.34. The summed E-state index contributed by atoms with van der Waals surface area (Å²) in [5, 5.41) is 11.5. The molecule has 0 saturated heterocycles. The number of amides is 1. The lowest BCUT2D eigenvalue weighted by atomic mass is 10.2. The molecule has 1 amide bonds. The van der Waals surface area contributed by atoms with Gasteiger partial charge in [-0.15, -0.1) is 0 Å². The van der Waals surface area contributed by atoms with Gasteiger partial charge in [-0.25, -0.2) is 4.98 Å². The van der Waals surface area contributed by atoms with Crippen LogP contribution < -0.4 is 5.32 Å². The maximum atomic E-state index is 12.2. The predicted molar refractivity (Wildman–Crippen MR) is 77.9 cm³/mol. The number of benzene rings is 2. The van der Waals surface area contributed by atoms with Crippen molar-refractivity contribution in [3.8, 4) is 6.07 Å². The molecule has 3 aromatic rings. The van der Waals surface area contributed by atoms with Crippen LogP contribution in [0, 0.1) is 18.3 Å². The molecule has 0 spiro atoms. The number of hydrogen-bond donors (Lipinski definition) is 1. The number of aromatic nitrogens is 1. The van der Waals surface area contributed by atoms with Crippen molar-refractivity contribution in [2.24, 2.45) is 0 Å². The summed E-state index contributed by atoms with van der Waals surface area (Å²) >= 11 is 0. The minimum atomic E-state index is -0.240. The van der Waals surface area contributed by atoms with E-state index in [4.69, 9.17) is 9.68 Å². The number of nitriles is 1. The molecule has 2 aromatic carbocycles. The Morgan fingerprint density at radius 2 is 2.00 bits per heavy atom. The molecule has 3 rings (SSSR count). The SMILES string of the molecule is Cc1nc2ccc(C(=O)Nc3ccc(C#N)cc3)cc2o1. The molecule has 0 saturated carbocycles. The molecular weight excluding hydrogens is 266 g/mol. The second kappa shape index (κ2) is 5.10. The molecule has 0 fully saturated rings. The summed E-state index contributed by atoms with van der Waals surface area (Å²) < 4.78 is 5.41. The van der Waals surface area contributed by atoms with Crippen LogP contribution in [-0.2, 0) is 0 Å². The van der Waals surface area contributed by atoms with Crippen molar-refractivity contribution in [1.82, 2.24) is 4.98 Å². The fraction of sp³-hybridized carbons (Fsp3) is 0.0625. The molecule has 0 bridgehead atoms. The largest absolute Gasteiger partial charge is 0.441 e. The molecule has 0 aliphatic rings. The number of fused-ring (bicyclic) bond motifs is 1. The molecule has 0 unspecified atom stereocenters. The van der Waals surface area contributed by atoms with Gasteiger partial charge in [-0.1, -0.05) is 0 Å². The Labute approximate surface area is 120 Å². The van der Waals surface area contributed by atoms with Crippen molar-refractivity contribution >= 4 is 22.7 Å². The van der Waals surface area contributed by atoms with Crippen molar-refractivity contribution in [2.45, 2.75) is 6.92 Å². The van der Waals surface area contributed by atoms with Crippen LogP contribution in [0.3, 0.4) is 0 Å². The van der Waals surface area contributed by atoms with Gasteiger partial charge in [0.25, 0.3) is 5.91 Å². The predicted octanol–water partition coefficient (Wildman–Crippen LogP) is 3.26. The summed E-state index contributed by atoms with van der Waals surface area (Å²) in [4.78, 5) is 16.4. The van der Waals surface area contributed by atoms with E-state index in [0.717, 1.165) is 5.52 Å². The molecule has 1 N–H and O–H groups in total. The number of nitrogens with one attached hydrogen (secondary N) is 1. The first kappa shape index (κ1) is 12.9. The molecule has 5 nitrogen and oxygen atoms in total. The van der Waals surface area contributed by atoms with Gasteiger partial charge in [-0.3, -0.25) is 4.79 Å². The fourth-order valence-electron chi connectivity index (χ4n) is 2.01. The van der Waals surface area contributed by atoms with Gasteiger partial charge < -0.3 is 9.73 Å². The van der Waals surface area contributed by atoms with Gasteiger partial charge in [0.1, 0.15) is 5.52 Å². The van der Waals surface area contributed by atoms with Crippen molar-refractivity contribution in [1.29, 1.82) is 5.26 Å². The molecule has 1 aromatic heterocycles. The average molecular weight is 277 g/mol. The number of carbonyl (C=O) groups excluding carboxylic acids is 1. The third kappa shape index (κ3) is 2.60. The Kier molecular flexibility index (Phi) is 3.13. The number of anilines is 1. The molecule has 0 aliphatic heterocycles. The van der Waals surface area contributed by atoms with Gasteiger partial charge in [0, 0.05) is 18.2 Å². The highest BCUT2D eigenvalue weighted by Gasteiger charge is 2.09. The second-order valence-corrected chi connectivity index (χ2v) is 4.56. The molecule has 0 radical (unpaired) electrons. The van der Waals surface area contributed by atoms with Crippen LogP contribution >= 0.6 is 0 Å². The topological polar surface area (TPSA) is 78.9 Å². The van der Waals surface area contributed by atoms with Crippen LogP contribution in [0.2, 0.25) is 0 Å². The Balaban J connectivity index is 1.84. The molecular formula is C16H11N3O2. The lowest BCUT2D eigenvalue weighted by Gasteiger charge is -2.05. The van der Waals surface area contributed by atoms with E-state index < -0.39 is 0 Å². The molecule has 102 valence electrons. The first-order chi connectivity index (χ1) is 10.2. The van der Waals surface area contributed by atoms with Crippen LogP contribution in [-0.4, -0.2) is 10.9 Å². The third-order valence-electron chi connectivity index (χ3n) is 3.03. The number of nitrogens with zero attached hydrogens (tertiary/aromatic N) is 2. The summed E-state index contributed by atoms with van der Waals surface area (Å²) in [5.74, 6) is 0.324. The lowest BCUT2D eigenvalue weighted by Crippen LogP contribution is -2.11. The second-order valence-electron chi connectivity index (χ2n) is 4.56. The van der Waals surface area contributed by atoms with Crippen molar-refractivity contribution in [2.75, 3.05) is 5.32 Å². The summed E-state index contributed by atoms with van der Waals surface area (Å²) in [7, 11) is 0. The minimum Gasteiger partial charge on any atom is -0.441 e. The summed E-state index contributed by atoms with van der Waals surface area (Å²) in [6, 6.07) is 13.8. The Morgan fingerprint density at radius 1 is 1.24 bits per heavy atom. The van der Waals surface area contributed by atoms with Crippen molar-refractivity contribution < 1.29 is 9.21 Å². The number of rotatable bonds is 2. The van der Waals surface area contributed by atoms with Crippen LogP contribution in [0.15, 0.2) is 46.9 Å². The van der Waals surface area contributed by atoms with Gasteiger partial charge in [-0.2, -0.15) is 5.26 Å². The summed E-state index contributed by atoms with van der Waals surface area (Å²) in [5.41, 5.74) is 2.98. The maximum Gasteiger partial charge on any atom is 0.255 e. The Morgan fingerprint density at radius 3 is 2.71 bits per heavy atom. The highest BCUT2D eigenvalue weighted by atomic mass is 16.3. The van der Waals surface area contributed by atoms with Gasteiger partial charge in [0.05, 0.1) is 11.6 Å². The van der Waals surface area contributed by atoms with Crippen LogP contribution in [0.25, 0.3) is 11.1 Å². The van der Waals surface area contributed by atoms with E-state index in [2.05, 4.69) is 10.3 Å². The molecule has 0 aliphatic carbocycles. The van der Waals surface area contributed by atoms with Gasteiger partial charge in [-0.05, 0) is 42.5 Å². The first-order valence-electron chi connectivity index (χ1n) is 6.34. The van der Waals surface area contributed by atoms with Crippen LogP contribution in [0.4, 0.5) is 5.69 Å². The zero-order chi connectivity index (χ0) is 14.8. The Hall–Kier alpha value is -3.13. The van der Waals surface area contributed by atoms with E-state index in [1.165, 1.54) is 0 Å². The van der Waals surface area contributed by atoms with E-state index in [0.29, 0.717) is 28.3 Å². The van der Waals surface area contributed by atoms with Crippen LogP contribution in [0.5, 0.6) is 0 Å². The van der Waals surface area contributed by atoms with Gasteiger partial charge in [0.15, 0.2) is 11.5 Å². The number of hydrogen-bond acceptors (Lipinski definition) is 4. The normalized spacial score (nSPS) is 10.3. The molecule has 0 atom stereocenters. The molecule has 1 heterocycles. The molecule has 21 heavy (non-hydrogen) atoms. The number of oxazole rings is 1. The molecule has 5 heteroatoms. The maximum absolute atomic E-state index is 12.2. The van der Waals surface area contributed by atoms with Gasteiger partial charge in [0.2, 0.25) is 0 Å². The smallest absolute Gasteiger partial charge is 0.255 e. The number of carbonyl (C=O) groups is 1. The Bertz CT molecular complexity index is 857. The third-order valence-corrected chi connectivity index (χ3v) is 3.03. The van der Waals surface area contributed by atoms with E-state index in [1.807, 2.05) is 6.07 Å². The average Bonchev–Trinajstić information content (AvgIpc) is 2.87. The minimum absolute atomic E-state index is 0.240. The fourth-order valence-corrected chi connectivity index (χ4v) is 2.01. The lowest BCUT2D eigenvalue weighted by molar-refractivity contribution is 0.102. The summed E-state index contributed by atoms with van der Waals surface area (Å²) in [6.07, 6.45) is 0. The highest BCUT2D eigenvalue weighted by molar-refractivity contribution is 6.05. The van der Waals surface area contributed by atoms with Crippen molar-refractivity contribution in [3.05, 3.63) is 59.5 Å². The van der Waals surface area contributed by atoms with Crippen molar-refractivity contribution in [3.63, 3.8) is 0 Å². The summed E-state index contributed by atoms with van der Waals surface area (Å²) in [6.45, 7) is 1.76.